The molecule has 0 aliphatic carbocycles. The molecule has 0 saturated carbocycles. The van der Waals surface area contributed by atoms with Crippen LogP contribution in [0.4, 0.5) is 0 Å². The van der Waals surface area contributed by atoms with Gasteiger partial charge in [-0.05, 0) is 55.5 Å². The van der Waals surface area contributed by atoms with Gasteiger partial charge in [0.2, 0.25) is 0 Å². The van der Waals surface area contributed by atoms with E-state index in [4.69, 9.17) is 15.9 Å². The van der Waals surface area contributed by atoms with Gasteiger partial charge in [-0.3, -0.25) is 4.79 Å². The SMILES string of the molecule is C#CCOc1ccc(C(=O)c2ccc(OCC)cc2)cc1. The minimum atomic E-state index is -0.0402. The molecular formula is C18H16O3. The van der Waals surface area contributed by atoms with E-state index in [1.54, 1.807) is 48.5 Å². The minimum absolute atomic E-state index is 0.0402. The fourth-order valence-corrected chi connectivity index (χ4v) is 1.86. The summed E-state index contributed by atoms with van der Waals surface area (Å²) in [7, 11) is 0. The van der Waals surface area contributed by atoms with Crippen molar-refractivity contribution in [3.8, 4) is 23.8 Å². The molecule has 0 fully saturated rings. The summed E-state index contributed by atoms with van der Waals surface area (Å²) in [4.78, 5) is 12.3. The third kappa shape index (κ3) is 3.87. The normalized spacial score (nSPS) is 9.71. The molecule has 106 valence electrons. The Bertz CT molecular complexity index is 634. The fraction of sp³-hybridized carbons (Fsp3) is 0.167. The molecule has 0 unspecified atom stereocenters. The summed E-state index contributed by atoms with van der Waals surface area (Å²) in [5, 5.41) is 0. The van der Waals surface area contributed by atoms with Gasteiger partial charge in [0.05, 0.1) is 6.61 Å². The lowest BCUT2D eigenvalue weighted by Crippen LogP contribution is -2.02. The Hall–Kier alpha value is -2.73. The van der Waals surface area contributed by atoms with Gasteiger partial charge < -0.3 is 9.47 Å². The molecule has 0 aliphatic heterocycles. The molecule has 2 rings (SSSR count). The lowest BCUT2D eigenvalue weighted by Gasteiger charge is -2.06. The quantitative estimate of drug-likeness (QED) is 0.601. The Morgan fingerprint density at radius 1 is 0.952 bits per heavy atom. The van der Waals surface area contributed by atoms with Crippen molar-refractivity contribution in [1.29, 1.82) is 0 Å². The molecule has 0 aromatic heterocycles. The van der Waals surface area contributed by atoms with Crippen molar-refractivity contribution in [1.82, 2.24) is 0 Å². The molecule has 0 saturated heterocycles. The first-order valence-corrected chi connectivity index (χ1v) is 6.68. The highest BCUT2D eigenvalue weighted by molar-refractivity contribution is 6.09. The van der Waals surface area contributed by atoms with Crippen molar-refractivity contribution in [2.75, 3.05) is 13.2 Å². The van der Waals surface area contributed by atoms with Crippen LogP contribution in [0.15, 0.2) is 48.5 Å². The number of ether oxygens (including phenoxy) is 2. The number of carbonyl (C=O) groups is 1. The average Bonchev–Trinajstić information content (AvgIpc) is 2.54. The summed E-state index contributed by atoms with van der Waals surface area (Å²) in [6, 6.07) is 14.0. The predicted molar refractivity (Wildman–Crippen MR) is 81.8 cm³/mol. The summed E-state index contributed by atoms with van der Waals surface area (Å²) >= 11 is 0. The van der Waals surface area contributed by atoms with Crippen molar-refractivity contribution in [2.45, 2.75) is 6.92 Å². The first kappa shape index (κ1) is 14.7. The number of benzene rings is 2. The Labute approximate surface area is 124 Å². The van der Waals surface area contributed by atoms with Gasteiger partial charge in [-0.1, -0.05) is 5.92 Å². The van der Waals surface area contributed by atoms with Crippen LogP contribution in [0.5, 0.6) is 11.5 Å². The van der Waals surface area contributed by atoms with Crippen molar-refractivity contribution in [3.05, 3.63) is 59.7 Å². The van der Waals surface area contributed by atoms with Crippen molar-refractivity contribution in [3.63, 3.8) is 0 Å². The van der Waals surface area contributed by atoms with E-state index in [9.17, 15) is 4.79 Å². The molecule has 0 heterocycles. The summed E-state index contributed by atoms with van der Waals surface area (Å²) in [6.07, 6.45) is 5.12. The summed E-state index contributed by atoms with van der Waals surface area (Å²) in [5.74, 6) is 3.76. The molecule has 0 aliphatic rings. The smallest absolute Gasteiger partial charge is 0.193 e. The second kappa shape index (κ2) is 7.16. The lowest BCUT2D eigenvalue weighted by atomic mass is 10.0. The Balaban J connectivity index is 2.10. The zero-order valence-corrected chi connectivity index (χ0v) is 11.8. The van der Waals surface area contributed by atoms with Crippen LogP contribution < -0.4 is 9.47 Å². The van der Waals surface area contributed by atoms with E-state index >= 15 is 0 Å². The lowest BCUT2D eigenvalue weighted by molar-refractivity contribution is 0.103. The van der Waals surface area contributed by atoms with Gasteiger partial charge in [0.15, 0.2) is 5.78 Å². The highest BCUT2D eigenvalue weighted by Crippen LogP contribution is 2.18. The standard InChI is InChI=1S/C18H16O3/c1-3-13-21-17-11-7-15(8-12-17)18(19)14-5-9-16(10-6-14)20-4-2/h1,5-12H,4,13H2,2H3. The zero-order valence-electron chi connectivity index (χ0n) is 11.8. The molecule has 3 nitrogen and oxygen atoms in total. The monoisotopic (exact) mass is 280 g/mol. The van der Waals surface area contributed by atoms with E-state index in [0.29, 0.717) is 23.5 Å². The summed E-state index contributed by atoms with van der Waals surface area (Å²) < 4.78 is 10.6. The summed E-state index contributed by atoms with van der Waals surface area (Å²) in [6.45, 7) is 2.74. The van der Waals surface area contributed by atoms with E-state index in [0.717, 1.165) is 5.75 Å². The van der Waals surface area contributed by atoms with Crippen LogP contribution in [0.2, 0.25) is 0 Å². The number of terminal acetylenes is 1. The molecule has 0 bridgehead atoms. The average molecular weight is 280 g/mol. The number of hydrogen-bond acceptors (Lipinski definition) is 3. The van der Waals surface area contributed by atoms with Gasteiger partial charge in [-0.25, -0.2) is 0 Å². The third-order valence-corrected chi connectivity index (χ3v) is 2.87. The number of hydrogen-bond donors (Lipinski definition) is 0. The second-order valence-corrected chi connectivity index (χ2v) is 4.30. The molecule has 2 aromatic carbocycles. The van der Waals surface area contributed by atoms with Gasteiger partial charge in [0.25, 0.3) is 0 Å². The van der Waals surface area contributed by atoms with E-state index in [1.165, 1.54) is 0 Å². The number of ketones is 1. The number of rotatable bonds is 6. The molecule has 0 N–H and O–H groups in total. The largest absolute Gasteiger partial charge is 0.494 e. The van der Waals surface area contributed by atoms with Gasteiger partial charge in [0, 0.05) is 11.1 Å². The molecular weight excluding hydrogens is 264 g/mol. The van der Waals surface area contributed by atoms with Crippen molar-refractivity contribution >= 4 is 5.78 Å². The topological polar surface area (TPSA) is 35.5 Å². The van der Waals surface area contributed by atoms with Crippen LogP contribution in [0, 0.1) is 12.3 Å². The van der Waals surface area contributed by atoms with E-state index in [1.807, 2.05) is 6.92 Å². The minimum Gasteiger partial charge on any atom is -0.494 e. The van der Waals surface area contributed by atoms with Crippen LogP contribution in [0.1, 0.15) is 22.8 Å². The first-order chi connectivity index (χ1) is 10.2. The van der Waals surface area contributed by atoms with Crippen LogP contribution >= 0.6 is 0 Å². The third-order valence-electron chi connectivity index (χ3n) is 2.87. The van der Waals surface area contributed by atoms with Crippen LogP contribution in [-0.2, 0) is 0 Å². The maximum Gasteiger partial charge on any atom is 0.193 e. The molecule has 2 aromatic rings. The summed E-state index contributed by atoms with van der Waals surface area (Å²) in [5.41, 5.74) is 1.22. The zero-order chi connectivity index (χ0) is 15.1. The highest BCUT2D eigenvalue weighted by atomic mass is 16.5. The Kier molecular flexibility index (Phi) is 5.00. The highest BCUT2D eigenvalue weighted by Gasteiger charge is 2.09. The molecule has 0 radical (unpaired) electrons. The van der Waals surface area contributed by atoms with E-state index < -0.39 is 0 Å². The Morgan fingerprint density at radius 2 is 1.43 bits per heavy atom. The first-order valence-electron chi connectivity index (χ1n) is 6.68. The van der Waals surface area contributed by atoms with Gasteiger partial charge in [-0.15, -0.1) is 6.42 Å². The van der Waals surface area contributed by atoms with Gasteiger partial charge in [0.1, 0.15) is 18.1 Å². The number of carbonyl (C=O) groups excluding carboxylic acids is 1. The van der Waals surface area contributed by atoms with Crippen LogP contribution in [-0.4, -0.2) is 19.0 Å². The van der Waals surface area contributed by atoms with Gasteiger partial charge in [-0.2, -0.15) is 0 Å². The molecule has 3 heteroatoms. The molecule has 21 heavy (non-hydrogen) atoms. The maximum absolute atomic E-state index is 12.3. The Morgan fingerprint density at radius 3 is 1.86 bits per heavy atom. The van der Waals surface area contributed by atoms with Crippen molar-refractivity contribution in [2.24, 2.45) is 0 Å². The second-order valence-electron chi connectivity index (χ2n) is 4.30. The molecule has 0 amide bonds. The molecule has 0 spiro atoms. The van der Waals surface area contributed by atoms with Crippen molar-refractivity contribution < 1.29 is 14.3 Å². The van der Waals surface area contributed by atoms with Crippen LogP contribution in [0.25, 0.3) is 0 Å². The predicted octanol–water partition coefficient (Wildman–Crippen LogP) is 3.33. The molecule has 0 atom stereocenters. The van der Waals surface area contributed by atoms with E-state index in [2.05, 4.69) is 5.92 Å². The maximum atomic E-state index is 12.3. The van der Waals surface area contributed by atoms with Crippen LogP contribution in [0.3, 0.4) is 0 Å². The fourth-order valence-electron chi connectivity index (χ4n) is 1.86. The van der Waals surface area contributed by atoms with Gasteiger partial charge >= 0.3 is 0 Å². The van der Waals surface area contributed by atoms with E-state index in [-0.39, 0.29) is 12.4 Å².